The molecule has 3 saturated heterocycles. The molecule has 3 fully saturated rings. The Morgan fingerprint density at radius 3 is 2.18 bits per heavy atom. The van der Waals surface area contributed by atoms with Crippen molar-refractivity contribution >= 4 is 15.9 Å². The van der Waals surface area contributed by atoms with Crippen LogP contribution in [0.5, 0.6) is 0 Å². The standard InChI is InChI=1S/C26H38N2O4S/c1-25(2,3)15-19-33(31,32)22-8-6-20(7-9-22)10-14-26(4,5)28(24(29)30)23-13-18-27-16-11-21(23)12-17-27/h6-9,21,23H,11-13,15-19H2,1-5H3,(H,29,30). The summed E-state index contributed by atoms with van der Waals surface area (Å²) >= 11 is 0. The number of hydrogen-bond donors (Lipinski definition) is 1. The Bertz CT molecular complexity index is 1010. The van der Waals surface area contributed by atoms with E-state index in [1.54, 1.807) is 29.2 Å². The van der Waals surface area contributed by atoms with Crippen molar-refractivity contribution in [3.8, 4) is 11.8 Å². The van der Waals surface area contributed by atoms with Gasteiger partial charge in [0.15, 0.2) is 9.84 Å². The Morgan fingerprint density at radius 2 is 1.64 bits per heavy atom. The SMILES string of the molecule is CC(C)(C)CCS(=O)(=O)c1ccc(C#CC(C)(C)N(C(=O)O)C2CCN3CCC2CC3)cc1. The van der Waals surface area contributed by atoms with Gasteiger partial charge >= 0.3 is 6.09 Å². The third kappa shape index (κ3) is 6.51. The highest BCUT2D eigenvalue weighted by atomic mass is 32.2. The number of carboxylic acid groups (broad SMARTS) is 1. The van der Waals surface area contributed by atoms with E-state index < -0.39 is 21.5 Å². The molecule has 33 heavy (non-hydrogen) atoms. The quantitative estimate of drug-likeness (QED) is 0.636. The molecule has 0 saturated carbocycles. The van der Waals surface area contributed by atoms with Gasteiger partial charge in [-0.15, -0.1) is 0 Å². The molecule has 0 spiro atoms. The monoisotopic (exact) mass is 474 g/mol. The molecule has 3 heterocycles. The minimum absolute atomic E-state index is 0.0327. The van der Waals surface area contributed by atoms with Crippen LogP contribution in [-0.2, 0) is 9.84 Å². The van der Waals surface area contributed by atoms with Crippen molar-refractivity contribution in [3.63, 3.8) is 0 Å². The summed E-state index contributed by atoms with van der Waals surface area (Å²) in [4.78, 5) is 16.6. The number of fused-ring (bicyclic) bond motifs is 4. The van der Waals surface area contributed by atoms with Crippen LogP contribution >= 0.6 is 0 Å². The predicted octanol–water partition coefficient (Wildman–Crippen LogP) is 4.49. The van der Waals surface area contributed by atoms with Crippen LogP contribution in [0, 0.1) is 23.2 Å². The molecule has 1 aromatic rings. The van der Waals surface area contributed by atoms with Crippen molar-refractivity contribution in [2.45, 2.75) is 76.8 Å². The third-order valence-corrected chi connectivity index (χ3v) is 8.64. The number of piperidine rings is 1. The molecule has 1 unspecified atom stereocenters. The highest BCUT2D eigenvalue weighted by Gasteiger charge is 2.42. The number of hydrogen-bond acceptors (Lipinski definition) is 4. The van der Waals surface area contributed by atoms with E-state index in [0.29, 0.717) is 22.8 Å². The fourth-order valence-electron chi connectivity index (χ4n) is 4.84. The fraction of sp³-hybridized carbons (Fsp3) is 0.654. The van der Waals surface area contributed by atoms with Crippen molar-refractivity contribution < 1.29 is 18.3 Å². The highest BCUT2D eigenvalue weighted by molar-refractivity contribution is 7.91. The number of amides is 1. The Balaban J connectivity index is 1.77. The lowest BCUT2D eigenvalue weighted by Gasteiger charge is -2.41. The van der Waals surface area contributed by atoms with Gasteiger partial charge in [-0.1, -0.05) is 32.6 Å². The van der Waals surface area contributed by atoms with Gasteiger partial charge in [0.05, 0.1) is 10.6 Å². The molecule has 3 aliphatic heterocycles. The summed E-state index contributed by atoms with van der Waals surface area (Å²) in [6, 6.07) is 6.58. The molecule has 4 rings (SSSR count). The minimum atomic E-state index is -3.34. The lowest BCUT2D eigenvalue weighted by Crippen LogP contribution is -2.54. The van der Waals surface area contributed by atoms with Gasteiger partial charge in [-0.2, -0.15) is 0 Å². The zero-order valence-electron chi connectivity index (χ0n) is 20.6. The molecule has 0 aliphatic carbocycles. The molecule has 0 aromatic heterocycles. The maximum absolute atomic E-state index is 12.6. The number of sulfone groups is 1. The van der Waals surface area contributed by atoms with Crippen LogP contribution in [-0.4, -0.2) is 66.4 Å². The highest BCUT2D eigenvalue weighted by Crippen LogP contribution is 2.34. The number of rotatable bonds is 5. The molecule has 1 N–H and O–H groups in total. The van der Waals surface area contributed by atoms with Crippen LogP contribution in [0.2, 0.25) is 0 Å². The van der Waals surface area contributed by atoms with Crippen LogP contribution in [0.4, 0.5) is 4.79 Å². The second kappa shape index (κ2) is 9.68. The van der Waals surface area contributed by atoms with E-state index >= 15 is 0 Å². The molecule has 3 aliphatic rings. The van der Waals surface area contributed by atoms with Gasteiger partial charge < -0.3 is 10.0 Å². The van der Waals surface area contributed by atoms with Crippen molar-refractivity contribution in [2.24, 2.45) is 11.3 Å². The zero-order valence-corrected chi connectivity index (χ0v) is 21.4. The summed E-state index contributed by atoms with van der Waals surface area (Å²) in [7, 11) is -3.34. The second-order valence-electron chi connectivity index (χ2n) is 11.2. The van der Waals surface area contributed by atoms with Gasteiger partial charge in [0.2, 0.25) is 0 Å². The van der Waals surface area contributed by atoms with Gasteiger partial charge in [-0.3, -0.25) is 4.90 Å². The largest absolute Gasteiger partial charge is 0.465 e. The van der Waals surface area contributed by atoms with E-state index in [1.165, 1.54) is 0 Å². The molecule has 7 heteroatoms. The van der Waals surface area contributed by atoms with E-state index in [0.717, 1.165) is 38.9 Å². The van der Waals surface area contributed by atoms with E-state index in [2.05, 4.69) is 16.7 Å². The third-order valence-electron chi connectivity index (χ3n) is 6.90. The van der Waals surface area contributed by atoms with Crippen molar-refractivity contribution in [1.82, 2.24) is 9.80 Å². The first-order chi connectivity index (χ1) is 15.3. The van der Waals surface area contributed by atoms with Crippen LogP contribution in [0.15, 0.2) is 29.2 Å². The minimum Gasteiger partial charge on any atom is -0.465 e. The first-order valence-corrected chi connectivity index (χ1v) is 13.5. The molecule has 0 radical (unpaired) electrons. The fourth-order valence-corrected chi connectivity index (χ4v) is 6.50. The van der Waals surface area contributed by atoms with Gasteiger partial charge in [0.1, 0.15) is 5.54 Å². The van der Waals surface area contributed by atoms with Gasteiger partial charge in [-0.05, 0) is 88.2 Å². The average Bonchev–Trinajstić information content (AvgIpc) is 3.04. The van der Waals surface area contributed by atoms with Crippen LogP contribution in [0.25, 0.3) is 0 Å². The molecular formula is C26H38N2O4S. The first-order valence-electron chi connectivity index (χ1n) is 11.9. The Labute approximate surface area is 199 Å². The zero-order chi connectivity index (χ0) is 24.4. The van der Waals surface area contributed by atoms with Crippen molar-refractivity contribution in [3.05, 3.63) is 29.8 Å². The number of nitrogens with zero attached hydrogens (tertiary/aromatic N) is 2. The molecular weight excluding hydrogens is 436 g/mol. The summed E-state index contributed by atoms with van der Waals surface area (Å²) in [6.07, 6.45) is 2.56. The topological polar surface area (TPSA) is 77.9 Å². The molecule has 1 aromatic carbocycles. The predicted molar refractivity (Wildman–Crippen MR) is 131 cm³/mol. The lowest BCUT2D eigenvalue weighted by molar-refractivity contribution is 0.0598. The maximum atomic E-state index is 12.6. The lowest BCUT2D eigenvalue weighted by atomic mass is 9.87. The summed E-state index contributed by atoms with van der Waals surface area (Å²) in [5.74, 6) is 6.75. The van der Waals surface area contributed by atoms with Gasteiger partial charge in [-0.25, -0.2) is 13.2 Å². The van der Waals surface area contributed by atoms with E-state index in [-0.39, 0.29) is 17.2 Å². The number of carbonyl (C=O) groups is 1. The average molecular weight is 475 g/mol. The summed E-state index contributed by atoms with van der Waals surface area (Å²) in [6.45, 7) is 12.8. The second-order valence-corrected chi connectivity index (χ2v) is 13.3. The van der Waals surface area contributed by atoms with Crippen LogP contribution in [0.3, 0.4) is 0 Å². The summed E-state index contributed by atoms with van der Waals surface area (Å²) in [5.41, 5.74) is -0.226. The summed E-state index contributed by atoms with van der Waals surface area (Å²) in [5, 5.41) is 10.1. The van der Waals surface area contributed by atoms with E-state index in [4.69, 9.17) is 0 Å². The van der Waals surface area contributed by atoms with Crippen molar-refractivity contribution in [1.29, 1.82) is 0 Å². The smallest absolute Gasteiger partial charge is 0.408 e. The van der Waals surface area contributed by atoms with E-state index in [1.807, 2.05) is 34.6 Å². The molecule has 6 nitrogen and oxygen atoms in total. The number of benzene rings is 1. The maximum Gasteiger partial charge on any atom is 0.408 e. The van der Waals surface area contributed by atoms with Gasteiger partial charge in [0, 0.05) is 18.2 Å². The van der Waals surface area contributed by atoms with Crippen LogP contribution in [0.1, 0.15) is 65.9 Å². The van der Waals surface area contributed by atoms with Gasteiger partial charge in [0.25, 0.3) is 0 Å². The molecule has 1 atom stereocenters. The van der Waals surface area contributed by atoms with E-state index in [9.17, 15) is 18.3 Å². The Kier molecular flexibility index (Phi) is 7.50. The molecule has 2 bridgehead atoms. The first kappa shape index (κ1) is 25.6. The molecule has 1 amide bonds. The molecule has 182 valence electrons. The summed E-state index contributed by atoms with van der Waals surface area (Å²) < 4.78 is 25.3. The van der Waals surface area contributed by atoms with Crippen LogP contribution < -0.4 is 0 Å². The van der Waals surface area contributed by atoms with Crippen molar-refractivity contribution in [2.75, 3.05) is 25.4 Å². The normalized spacial score (nSPS) is 23.4. The Morgan fingerprint density at radius 1 is 1.06 bits per heavy atom. The Hall–Kier alpha value is -2.04.